The zero-order valence-electron chi connectivity index (χ0n) is 11.5. The predicted octanol–water partition coefficient (Wildman–Crippen LogP) is 0.667. The van der Waals surface area contributed by atoms with E-state index in [-0.39, 0.29) is 29.9 Å². The van der Waals surface area contributed by atoms with Crippen molar-refractivity contribution in [2.24, 2.45) is 5.92 Å². The van der Waals surface area contributed by atoms with Crippen molar-refractivity contribution in [1.29, 1.82) is 0 Å². The maximum atomic E-state index is 12.1. The van der Waals surface area contributed by atoms with Crippen LogP contribution in [0.3, 0.4) is 0 Å². The SMILES string of the molecule is O=C(O)C1CCN(C(=O)CCS(=O)(=O)C2CCCC2)C1. The summed E-state index contributed by atoms with van der Waals surface area (Å²) >= 11 is 0. The highest BCUT2D eigenvalue weighted by Crippen LogP contribution is 2.26. The van der Waals surface area contributed by atoms with Gasteiger partial charge in [0.1, 0.15) is 0 Å². The molecule has 0 aromatic carbocycles. The number of hydrogen-bond donors (Lipinski definition) is 1. The third kappa shape index (κ3) is 3.50. The van der Waals surface area contributed by atoms with Crippen molar-refractivity contribution in [2.75, 3.05) is 18.8 Å². The minimum Gasteiger partial charge on any atom is -0.481 e. The molecule has 2 fully saturated rings. The highest BCUT2D eigenvalue weighted by molar-refractivity contribution is 7.92. The first-order valence-corrected chi connectivity index (χ1v) is 8.84. The quantitative estimate of drug-likeness (QED) is 0.806. The van der Waals surface area contributed by atoms with E-state index in [0.717, 1.165) is 12.8 Å². The number of carboxylic acids is 1. The van der Waals surface area contributed by atoms with Crippen LogP contribution in [0.25, 0.3) is 0 Å². The summed E-state index contributed by atoms with van der Waals surface area (Å²) in [5, 5.41) is 8.60. The summed E-state index contributed by atoms with van der Waals surface area (Å²) in [7, 11) is -3.18. The Morgan fingerprint density at radius 3 is 2.35 bits per heavy atom. The second kappa shape index (κ2) is 6.11. The first-order chi connectivity index (χ1) is 9.40. The van der Waals surface area contributed by atoms with Crippen LogP contribution >= 0.6 is 0 Å². The van der Waals surface area contributed by atoms with E-state index in [1.54, 1.807) is 0 Å². The molecular formula is C13H21NO5S. The highest BCUT2D eigenvalue weighted by atomic mass is 32.2. The summed E-state index contributed by atoms with van der Waals surface area (Å²) in [6.45, 7) is 0.622. The number of amides is 1. The van der Waals surface area contributed by atoms with E-state index < -0.39 is 21.7 Å². The molecule has 0 aromatic rings. The minimum atomic E-state index is -3.18. The average Bonchev–Trinajstić information content (AvgIpc) is 3.06. The Bertz CT molecular complexity index is 481. The zero-order valence-corrected chi connectivity index (χ0v) is 12.3. The molecule has 1 aliphatic heterocycles. The molecule has 1 N–H and O–H groups in total. The van der Waals surface area contributed by atoms with E-state index in [2.05, 4.69) is 0 Å². The van der Waals surface area contributed by atoms with Crippen molar-refractivity contribution in [1.82, 2.24) is 4.90 Å². The molecule has 1 heterocycles. The van der Waals surface area contributed by atoms with Crippen molar-refractivity contribution >= 4 is 21.7 Å². The van der Waals surface area contributed by atoms with E-state index in [1.807, 2.05) is 0 Å². The fraction of sp³-hybridized carbons (Fsp3) is 0.846. The van der Waals surface area contributed by atoms with Gasteiger partial charge in [-0.3, -0.25) is 9.59 Å². The predicted molar refractivity (Wildman–Crippen MR) is 73.0 cm³/mol. The zero-order chi connectivity index (χ0) is 14.8. The fourth-order valence-electron chi connectivity index (χ4n) is 2.99. The van der Waals surface area contributed by atoms with Crippen LogP contribution in [0, 0.1) is 5.92 Å². The fourth-order valence-corrected chi connectivity index (χ4v) is 4.83. The van der Waals surface area contributed by atoms with Gasteiger partial charge in [0.05, 0.1) is 16.9 Å². The van der Waals surface area contributed by atoms with E-state index in [0.29, 0.717) is 25.8 Å². The molecule has 1 aliphatic carbocycles. The molecule has 7 heteroatoms. The lowest BCUT2D eigenvalue weighted by atomic mass is 10.1. The molecular weight excluding hydrogens is 282 g/mol. The molecule has 1 amide bonds. The van der Waals surface area contributed by atoms with E-state index in [4.69, 9.17) is 5.11 Å². The number of carbonyl (C=O) groups excluding carboxylic acids is 1. The van der Waals surface area contributed by atoms with Crippen molar-refractivity contribution in [3.8, 4) is 0 Å². The summed E-state index contributed by atoms with van der Waals surface area (Å²) < 4.78 is 24.1. The van der Waals surface area contributed by atoms with Gasteiger partial charge in [-0.05, 0) is 19.3 Å². The molecule has 114 valence electrons. The molecule has 1 saturated heterocycles. The van der Waals surface area contributed by atoms with E-state index in [1.165, 1.54) is 4.90 Å². The lowest BCUT2D eigenvalue weighted by Gasteiger charge is -2.17. The van der Waals surface area contributed by atoms with Gasteiger partial charge in [-0.1, -0.05) is 12.8 Å². The maximum Gasteiger partial charge on any atom is 0.308 e. The van der Waals surface area contributed by atoms with Gasteiger partial charge in [0, 0.05) is 19.5 Å². The van der Waals surface area contributed by atoms with Crippen LogP contribution in [0.4, 0.5) is 0 Å². The highest BCUT2D eigenvalue weighted by Gasteiger charge is 2.33. The normalized spacial score (nSPS) is 24.2. The van der Waals surface area contributed by atoms with Gasteiger partial charge < -0.3 is 10.0 Å². The maximum absolute atomic E-state index is 12.1. The first-order valence-electron chi connectivity index (χ1n) is 7.12. The molecule has 2 rings (SSSR count). The summed E-state index contributed by atoms with van der Waals surface area (Å²) in [6.07, 6.45) is 3.75. The van der Waals surface area contributed by atoms with Gasteiger partial charge in [-0.25, -0.2) is 8.42 Å². The Kier molecular flexibility index (Phi) is 4.67. The number of rotatable bonds is 5. The minimum absolute atomic E-state index is 0.0226. The van der Waals surface area contributed by atoms with Crippen molar-refractivity contribution in [3.63, 3.8) is 0 Å². The number of nitrogens with zero attached hydrogens (tertiary/aromatic N) is 1. The van der Waals surface area contributed by atoms with E-state index >= 15 is 0 Å². The Morgan fingerprint density at radius 1 is 1.15 bits per heavy atom. The smallest absolute Gasteiger partial charge is 0.308 e. The van der Waals surface area contributed by atoms with Crippen LogP contribution in [0.1, 0.15) is 38.5 Å². The van der Waals surface area contributed by atoms with Crippen LogP contribution in [0.2, 0.25) is 0 Å². The number of hydrogen-bond acceptors (Lipinski definition) is 4. The summed E-state index contributed by atoms with van der Waals surface area (Å²) in [5.74, 6) is -1.75. The second-order valence-electron chi connectivity index (χ2n) is 5.69. The van der Waals surface area contributed by atoms with Crippen LogP contribution in [-0.4, -0.2) is 54.4 Å². The molecule has 1 saturated carbocycles. The Labute approximate surface area is 119 Å². The summed E-state index contributed by atoms with van der Waals surface area (Å²) in [5.41, 5.74) is 0. The molecule has 1 unspecified atom stereocenters. The van der Waals surface area contributed by atoms with Crippen LogP contribution in [0.15, 0.2) is 0 Å². The van der Waals surface area contributed by atoms with Crippen LogP contribution < -0.4 is 0 Å². The average molecular weight is 303 g/mol. The lowest BCUT2D eigenvalue weighted by molar-refractivity contribution is -0.141. The Balaban J connectivity index is 1.82. The van der Waals surface area contributed by atoms with Crippen LogP contribution in [0.5, 0.6) is 0 Å². The number of likely N-dealkylation sites (tertiary alicyclic amines) is 1. The number of carboxylic acid groups (broad SMARTS) is 1. The Hall–Kier alpha value is -1.11. The van der Waals surface area contributed by atoms with Crippen molar-refractivity contribution in [2.45, 2.75) is 43.8 Å². The first kappa shape index (κ1) is 15.3. The summed E-state index contributed by atoms with van der Waals surface area (Å²) in [6, 6.07) is 0. The van der Waals surface area contributed by atoms with Crippen LogP contribution in [-0.2, 0) is 19.4 Å². The third-order valence-corrected chi connectivity index (χ3v) is 6.56. The molecule has 0 radical (unpaired) electrons. The lowest BCUT2D eigenvalue weighted by Crippen LogP contribution is -2.32. The van der Waals surface area contributed by atoms with Gasteiger partial charge in [-0.2, -0.15) is 0 Å². The second-order valence-corrected chi connectivity index (χ2v) is 8.09. The molecule has 1 atom stereocenters. The molecule has 20 heavy (non-hydrogen) atoms. The molecule has 0 bridgehead atoms. The van der Waals surface area contributed by atoms with Gasteiger partial charge >= 0.3 is 5.97 Å². The van der Waals surface area contributed by atoms with Gasteiger partial charge in [0.2, 0.25) is 5.91 Å². The Morgan fingerprint density at radius 2 is 1.80 bits per heavy atom. The largest absolute Gasteiger partial charge is 0.481 e. The van der Waals surface area contributed by atoms with Crippen molar-refractivity contribution in [3.05, 3.63) is 0 Å². The topological polar surface area (TPSA) is 91.8 Å². The van der Waals surface area contributed by atoms with Gasteiger partial charge in [-0.15, -0.1) is 0 Å². The molecule has 2 aliphatic rings. The molecule has 6 nitrogen and oxygen atoms in total. The number of aliphatic carboxylic acids is 1. The van der Waals surface area contributed by atoms with E-state index in [9.17, 15) is 18.0 Å². The van der Waals surface area contributed by atoms with Gasteiger partial charge in [0.15, 0.2) is 9.84 Å². The third-order valence-electron chi connectivity index (χ3n) is 4.30. The molecule has 0 aromatic heterocycles. The monoisotopic (exact) mass is 303 g/mol. The standard InChI is InChI=1S/C13H21NO5S/c15-12(14-7-5-10(9-14)13(16)17)6-8-20(18,19)11-3-1-2-4-11/h10-11H,1-9H2,(H,16,17). The van der Waals surface area contributed by atoms with Crippen molar-refractivity contribution < 1.29 is 23.1 Å². The summed E-state index contributed by atoms with van der Waals surface area (Å²) in [4.78, 5) is 24.2. The number of carbonyl (C=O) groups is 2. The molecule has 0 spiro atoms. The number of sulfone groups is 1. The van der Waals surface area contributed by atoms with Gasteiger partial charge in [0.25, 0.3) is 0 Å².